The molecule has 0 aromatic carbocycles. The van der Waals surface area contributed by atoms with Crippen LogP contribution in [0.5, 0.6) is 0 Å². The van der Waals surface area contributed by atoms with Crippen molar-refractivity contribution in [2.75, 3.05) is 0 Å². The van der Waals surface area contributed by atoms with Crippen molar-refractivity contribution in [3.05, 3.63) is 21.9 Å². The Hall–Kier alpha value is -1.16. The van der Waals surface area contributed by atoms with E-state index in [1.165, 1.54) is 11.3 Å². The van der Waals surface area contributed by atoms with Gasteiger partial charge in [0.1, 0.15) is 0 Å². The van der Waals surface area contributed by atoms with Crippen molar-refractivity contribution in [3.63, 3.8) is 0 Å². The Balaban J connectivity index is 2.71. The molecule has 1 N–H and O–H groups in total. The maximum absolute atomic E-state index is 10.8. The Labute approximate surface area is 73.6 Å². The molecule has 1 aromatic rings. The van der Waals surface area contributed by atoms with Gasteiger partial charge in [0.05, 0.1) is 0 Å². The molecule has 1 rings (SSSR count). The van der Waals surface area contributed by atoms with E-state index in [2.05, 4.69) is 0 Å². The third-order valence-corrected chi connectivity index (χ3v) is 2.46. The van der Waals surface area contributed by atoms with Gasteiger partial charge in [-0.05, 0) is 28.8 Å². The number of Topliss-reactive ketones (excluding diaryl/α,β-unsaturated/α-hetero) is 1. The van der Waals surface area contributed by atoms with E-state index < -0.39 is 11.8 Å². The highest BCUT2D eigenvalue weighted by atomic mass is 32.1. The van der Waals surface area contributed by atoms with Gasteiger partial charge in [-0.2, -0.15) is 11.3 Å². The summed E-state index contributed by atoms with van der Waals surface area (Å²) in [6, 6.07) is 0. The van der Waals surface area contributed by atoms with Crippen LogP contribution in [0, 0.1) is 6.92 Å². The number of thiophene rings is 1. The first-order valence-electron chi connectivity index (χ1n) is 3.39. The lowest BCUT2D eigenvalue weighted by atomic mass is 10.1. The normalized spacial score (nSPS) is 9.75. The van der Waals surface area contributed by atoms with Crippen LogP contribution < -0.4 is 0 Å². The molecule has 0 saturated carbocycles. The van der Waals surface area contributed by atoms with Crippen LogP contribution in [0.1, 0.15) is 11.1 Å². The smallest absolute Gasteiger partial charge is 0.372 e. The van der Waals surface area contributed by atoms with Crippen LogP contribution in [0.4, 0.5) is 0 Å². The van der Waals surface area contributed by atoms with Gasteiger partial charge in [0.2, 0.25) is 5.78 Å². The first-order chi connectivity index (χ1) is 5.61. The number of carbonyl (C=O) groups is 2. The van der Waals surface area contributed by atoms with Crippen molar-refractivity contribution in [3.8, 4) is 0 Å². The summed E-state index contributed by atoms with van der Waals surface area (Å²) < 4.78 is 0. The first kappa shape index (κ1) is 8.93. The molecule has 0 amide bonds. The van der Waals surface area contributed by atoms with Crippen molar-refractivity contribution in [1.82, 2.24) is 0 Å². The molecule has 12 heavy (non-hydrogen) atoms. The summed E-state index contributed by atoms with van der Waals surface area (Å²) in [6.07, 6.45) is 0.00463. The first-order valence-corrected chi connectivity index (χ1v) is 4.33. The summed E-state index contributed by atoms with van der Waals surface area (Å²) in [5.41, 5.74) is 1.79. The minimum Gasteiger partial charge on any atom is -0.475 e. The molecule has 1 aromatic heterocycles. The zero-order valence-corrected chi connectivity index (χ0v) is 7.35. The van der Waals surface area contributed by atoms with Crippen LogP contribution in [-0.2, 0) is 16.0 Å². The van der Waals surface area contributed by atoms with E-state index in [1.807, 2.05) is 12.3 Å². The number of aliphatic carboxylic acids is 1. The summed E-state index contributed by atoms with van der Waals surface area (Å²) in [5.74, 6) is -2.11. The molecule has 0 unspecified atom stereocenters. The predicted molar refractivity (Wildman–Crippen MR) is 45.4 cm³/mol. The maximum Gasteiger partial charge on any atom is 0.372 e. The molecule has 0 aliphatic heterocycles. The molecule has 0 spiro atoms. The van der Waals surface area contributed by atoms with Crippen LogP contribution in [0.15, 0.2) is 10.8 Å². The van der Waals surface area contributed by atoms with Crippen LogP contribution in [-0.4, -0.2) is 16.9 Å². The molecule has 0 saturated heterocycles. The lowest BCUT2D eigenvalue weighted by Crippen LogP contribution is -2.14. The van der Waals surface area contributed by atoms with Gasteiger partial charge in [0.25, 0.3) is 0 Å². The zero-order valence-electron chi connectivity index (χ0n) is 6.53. The lowest BCUT2D eigenvalue weighted by Gasteiger charge is -1.94. The SMILES string of the molecule is Cc1cscc1CC(=O)C(=O)O. The Bertz CT molecular complexity index is 314. The number of aryl methyl sites for hydroxylation is 1. The molecule has 0 aliphatic rings. The second-order valence-electron chi connectivity index (χ2n) is 2.49. The predicted octanol–water partition coefficient (Wildman–Crippen LogP) is 1.25. The Morgan fingerprint density at radius 3 is 2.58 bits per heavy atom. The fraction of sp³-hybridized carbons (Fsp3) is 0.250. The third-order valence-electron chi connectivity index (χ3n) is 1.55. The van der Waals surface area contributed by atoms with Crippen molar-refractivity contribution in [1.29, 1.82) is 0 Å². The molecule has 64 valence electrons. The highest BCUT2D eigenvalue weighted by molar-refractivity contribution is 7.08. The molecule has 0 aliphatic carbocycles. The fourth-order valence-electron chi connectivity index (χ4n) is 0.817. The van der Waals surface area contributed by atoms with Gasteiger partial charge in [-0.15, -0.1) is 0 Å². The van der Waals surface area contributed by atoms with Gasteiger partial charge in [0, 0.05) is 6.42 Å². The van der Waals surface area contributed by atoms with E-state index in [9.17, 15) is 9.59 Å². The molecule has 3 nitrogen and oxygen atoms in total. The Kier molecular flexibility index (Phi) is 2.60. The fourth-order valence-corrected chi connectivity index (χ4v) is 1.67. The molecule has 0 radical (unpaired) electrons. The maximum atomic E-state index is 10.8. The summed E-state index contributed by atoms with van der Waals surface area (Å²) in [7, 11) is 0. The molecule has 0 bridgehead atoms. The van der Waals surface area contributed by atoms with Crippen LogP contribution >= 0.6 is 11.3 Å². The average Bonchev–Trinajstić information content (AvgIpc) is 2.36. The van der Waals surface area contributed by atoms with Gasteiger partial charge < -0.3 is 5.11 Å². The van der Waals surface area contributed by atoms with Gasteiger partial charge >= 0.3 is 5.97 Å². The second kappa shape index (κ2) is 3.49. The lowest BCUT2D eigenvalue weighted by molar-refractivity contribution is -0.148. The third kappa shape index (κ3) is 1.92. The molecule has 4 heteroatoms. The topological polar surface area (TPSA) is 54.4 Å². The summed E-state index contributed by atoms with van der Waals surface area (Å²) in [4.78, 5) is 21.0. The largest absolute Gasteiger partial charge is 0.475 e. The zero-order chi connectivity index (χ0) is 9.14. The Morgan fingerprint density at radius 1 is 1.50 bits per heavy atom. The number of ketones is 1. The van der Waals surface area contributed by atoms with E-state index in [0.717, 1.165) is 11.1 Å². The second-order valence-corrected chi connectivity index (χ2v) is 3.23. The van der Waals surface area contributed by atoms with E-state index in [-0.39, 0.29) is 6.42 Å². The Morgan fingerprint density at radius 2 is 2.17 bits per heavy atom. The summed E-state index contributed by atoms with van der Waals surface area (Å²) >= 11 is 1.47. The highest BCUT2D eigenvalue weighted by Crippen LogP contribution is 2.14. The number of carboxylic acids is 1. The van der Waals surface area contributed by atoms with Gasteiger partial charge in [-0.25, -0.2) is 4.79 Å². The quantitative estimate of drug-likeness (QED) is 0.719. The summed E-state index contributed by atoms with van der Waals surface area (Å²) in [5, 5.41) is 12.0. The van der Waals surface area contributed by atoms with Gasteiger partial charge in [-0.1, -0.05) is 0 Å². The molecular formula is C8H8O3S. The molecule has 0 fully saturated rings. The number of hydrogen-bond donors (Lipinski definition) is 1. The molecular weight excluding hydrogens is 176 g/mol. The van der Waals surface area contributed by atoms with E-state index in [1.54, 1.807) is 5.38 Å². The van der Waals surface area contributed by atoms with Gasteiger partial charge in [-0.3, -0.25) is 4.79 Å². The van der Waals surface area contributed by atoms with Crippen LogP contribution in [0.25, 0.3) is 0 Å². The van der Waals surface area contributed by atoms with E-state index in [0.29, 0.717) is 0 Å². The minimum atomic E-state index is -1.36. The van der Waals surface area contributed by atoms with Crippen LogP contribution in [0.3, 0.4) is 0 Å². The van der Waals surface area contributed by atoms with Crippen molar-refractivity contribution in [2.45, 2.75) is 13.3 Å². The van der Waals surface area contributed by atoms with Crippen molar-refractivity contribution >= 4 is 23.1 Å². The highest BCUT2D eigenvalue weighted by Gasteiger charge is 2.13. The van der Waals surface area contributed by atoms with Crippen molar-refractivity contribution in [2.24, 2.45) is 0 Å². The standard InChI is InChI=1S/C8H8O3S/c1-5-3-12-4-6(5)2-7(9)8(10)11/h3-4H,2H2,1H3,(H,10,11). The van der Waals surface area contributed by atoms with Crippen molar-refractivity contribution < 1.29 is 14.7 Å². The number of carboxylic acid groups (broad SMARTS) is 1. The number of hydrogen-bond acceptors (Lipinski definition) is 3. The average molecular weight is 184 g/mol. The number of carbonyl (C=O) groups excluding carboxylic acids is 1. The monoisotopic (exact) mass is 184 g/mol. The summed E-state index contributed by atoms with van der Waals surface area (Å²) in [6.45, 7) is 1.86. The van der Waals surface area contributed by atoms with E-state index in [4.69, 9.17) is 5.11 Å². The molecule has 1 heterocycles. The molecule has 0 atom stereocenters. The number of rotatable bonds is 3. The minimum absolute atomic E-state index is 0.00463. The van der Waals surface area contributed by atoms with Crippen LogP contribution in [0.2, 0.25) is 0 Å². The van der Waals surface area contributed by atoms with Gasteiger partial charge in [0.15, 0.2) is 0 Å². The van der Waals surface area contributed by atoms with E-state index >= 15 is 0 Å².